The van der Waals surface area contributed by atoms with Crippen molar-refractivity contribution in [2.24, 2.45) is 0 Å². The first kappa shape index (κ1) is 13.5. The average Bonchev–Trinajstić information content (AvgIpc) is 2.80. The van der Waals surface area contributed by atoms with Gasteiger partial charge in [0, 0.05) is 30.6 Å². The molecular weight excluding hydrogens is 262 g/mol. The Balaban J connectivity index is 1.94. The maximum Gasteiger partial charge on any atom is 0.319 e. The van der Waals surface area contributed by atoms with Crippen LogP contribution in [0.3, 0.4) is 0 Å². The molecule has 2 rings (SSSR count). The normalized spacial score (nSPS) is 11.2. The predicted octanol–water partition coefficient (Wildman–Crippen LogP) is 2.85. The summed E-state index contributed by atoms with van der Waals surface area (Å²) in [5.41, 5.74) is 0.261. The third kappa shape index (κ3) is 3.31. The Hall–Kier alpha value is -1.89. The summed E-state index contributed by atoms with van der Waals surface area (Å²) in [6.07, 6.45) is 2.43. The number of hydrogen-bond donors (Lipinski definition) is 1. The van der Waals surface area contributed by atoms with Crippen LogP contribution in [0.5, 0.6) is 0 Å². The maximum atomic E-state index is 13.3. The minimum Gasteiger partial charge on any atom is -0.306 e. The number of imidazole rings is 1. The quantitative estimate of drug-likeness (QED) is 0.849. The van der Waals surface area contributed by atoms with E-state index < -0.39 is 18.2 Å². The molecule has 0 fully saturated rings. The van der Waals surface area contributed by atoms with Crippen LogP contribution < -0.4 is 5.32 Å². The minimum atomic E-state index is -2.66. The van der Waals surface area contributed by atoms with Gasteiger partial charge in [-0.3, -0.25) is 4.57 Å². The zero-order chi connectivity index (χ0) is 13.8. The average molecular weight is 273 g/mol. The molecule has 0 saturated carbocycles. The lowest BCUT2D eigenvalue weighted by atomic mass is 10.2. The number of nitrogens with one attached hydrogen (secondary N) is 1. The van der Waals surface area contributed by atoms with Crippen LogP contribution in [0.25, 0.3) is 0 Å². The summed E-state index contributed by atoms with van der Waals surface area (Å²) in [5, 5.41) is 2.78. The maximum absolute atomic E-state index is 13.3. The molecule has 19 heavy (non-hydrogen) atoms. The van der Waals surface area contributed by atoms with Gasteiger partial charge in [-0.05, 0) is 6.07 Å². The number of alkyl halides is 2. The van der Waals surface area contributed by atoms with Crippen molar-refractivity contribution in [3.8, 4) is 0 Å². The minimum absolute atomic E-state index is 0.0636. The molecule has 0 unspecified atom stereocenters. The van der Waals surface area contributed by atoms with Gasteiger partial charge < -0.3 is 5.32 Å². The van der Waals surface area contributed by atoms with Crippen molar-refractivity contribution in [3.05, 3.63) is 53.6 Å². The van der Waals surface area contributed by atoms with E-state index in [1.807, 2.05) is 0 Å². The molecule has 3 nitrogen and oxygen atoms in total. The molecule has 0 saturated heterocycles. The number of rotatable bonds is 5. The number of aromatic nitrogens is 2. The zero-order valence-electron chi connectivity index (χ0n) is 9.78. The summed E-state index contributed by atoms with van der Waals surface area (Å²) < 4.78 is 51.7. The van der Waals surface area contributed by atoms with Crippen molar-refractivity contribution in [2.45, 2.75) is 19.6 Å². The fourth-order valence-corrected chi connectivity index (χ4v) is 1.63. The molecule has 0 aliphatic heterocycles. The van der Waals surface area contributed by atoms with Crippen molar-refractivity contribution in [3.63, 3.8) is 0 Å². The highest BCUT2D eigenvalue weighted by Gasteiger charge is 2.11. The fourth-order valence-electron chi connectivity index (χ4n) is 1.63. The van der Waals surface area contributed by atoms with Crippen molar-refractivity contribution >= 4 is 0 Å². The van der Waals surface area contributed by atoms with E-state index in [1.165, 1.54) is 18.5 Å². The highest BCUT2D eigenvalue weighted by Crippen LogP contribution is 2.13. The topological polar surface area (TPSA) is 29.9 Å². The zero-order valence-corrected chi connectivity index (χ0v) is 9.78. The van der Waals surface area contributed by atoms with Gasteiger partial charge >= 0.3 is 6.55 Å². The Morgan fingerprint density at radius 2 is 2.00 bits per heavy atom. The molecule has 1 aromatic carbocycles. The van der Waals surface area contributed by atoms with E-state index in [1.54, 1.807) is 0 Å². The van der Waals surface area contributed by atoms with Gasteiger partial charge in [-0.1, -0.05) is 6.07 Å². The lowest BCUT2D eigenvalue weighted by Gasteiger charge is -2.08. The molecule has 0 aliphatic rings. The molecule has 1 N–H and O–H groups in total. The van der Waals surface area contributed by atoms with Crippen molar-refractivity contribution in [1.82, 2.24) is 14.9 Å². The van der Waals surface area contributed by atoms with Gasteiger partial charge in [-0.25, -0.2) is 13.8 Å². The third-order valence-electron chi connectivity index (χ3n) is 2.57. The largest absolute Gasteiger partial charge is 0.319 e. The van der Waals surface area contributed by atoms with Crippen LogP contribution in [0.2, 0.25) is 0 Å². The highest BCUT2D eigenvalue weighted by molar-refractivity contribution is 5.18. The molecular formula is C12H11F4N3. The second-order valence-electron chi connectivity index (χ2n) is 3.87. The Morgan fingerprint density at radius 3 is 2.68 bits per heavy atom. The fraction of sp³-hybridized carbons (Fsp3) is 0.250. The lowest BCUT2D eigenvalue weighted by Crippen LogP contribution is -2.17. The summed E-state index contributed by atoms with van der Waals surface area (Å²) in [6, 6.07) is 3.22. The smallest absolute Gasteiger partial charge is 0.306 e. The summed E-state index contributed by atoms with van der Waals surface area (Å²) in [4.78, 5) is 3.77. The van der Waals surface area contributed by atoms with E-state index in [9.17, 15) is 17.6 Å². The van der Waals surface area contributed by atoms with E-state index in [-0.39, 0.29) is 24.5 Å². The van der Waals surface area contributed by atoms with Crippen LogP contribution in [-0.4, -0.2) is 9.55 Å². The highest BCUT2D eigenvalue weighted by atomic mass is 19.3. The second kappa shape index (κ2) is 5.83. The third-order valence-corrected chi connectivity index (χ3v) is 2.57. The predicted molar refractivity (Wildman–Crippen MR) is 60.4 cm³/mol. The molecule has 1 aromatic heterocycles. The van der Waals surface area contributed by atoms with Gasteiger partial charge in [0.2, 0.25) is 0 Å². The molecule has 1 heterocycles. The summed E-state index contributed by atoms with van der Waals surface area (Å²) >= 11 is 0. The molecule has 0 aliphatic carbocycles. The van der Waals surface area contributed by atoms with Gasteiger partial charge in [-0.2, -0.15) is 8.78 Å². The first-order valence-corrected chi connectivity index (χ1v) is 5.52. The van der Waals surface area contributed by atoms with Gasteiger partial charge in [0.1, 0.15) is 17.5 Å². The lowest BCUT2D eigenvalue weighted by molar-refractivity contribution is 0.0666. The van der Waals surface area contributed by atoms with Crippen LogP contribution in [0.1, 0.15) is 17.9 Å². The first-order valence-electron chi connectivity index (χ1n) is 5.52. The van der Waals surface area contributed by atoms with Gasteiger partial charge in [-0.15, -0.1) is 0 Å². The van der Waals surface area contributed by atoms with Crippen LogP contribution in [0.15, 0.2) is 30.6 Å². The Kier molecular flexibility index (Phi) is 4.16. The van der Waals surface area contributed by atoms with Crippen LogP contribution in [0, 0.1) is 11.6 Å². The van der Waals surface area contributed by atoms with E-state index >= 15 is 0 Å². The molecule has 0 radical (unpaired) electrons. The van der Waals surface area contributed by atoms with Crippen molar-refractivity contribution in [2.75, 3.05) is 0 Å². The molecule has 0 atom stereocenters. The summed E-state index contributed by atoms with van der Waals surface area (Å²) in [7, 11) is 0. The number of benzene rings is 1. The molecule has 102 valence electrons. The molecule has 2 aromatic rings. The molecule has 0 amide bonds. The SMILES string of the molecule is Fc1ccc(CNCc2nccn2C(F)F)c(F)c1. The first-order chi connectivity index (χ1) is 9.08. The van der Waals surface area contributed by atoms with Crippen molar-refractivity contribution < 1.29 is 17.6 Å². The van der Waals surface area contributed by atoms with Crippen LogP contribution >= 0.6 is 0 Å². The van der Waals surface area contributed by atoms with Gasteiger partial charge in [0.05, 0.1) is 6.54 Å². The summed E-state index contributed by atoms with van der Waals surface area (Å²) in [5.74, 6) is -1.18. The van der Waals surface area contributed by atoms with Crippen LogP contribution in [0.4, 0.5) is 17.6 Å². The number of halogens is 4. The van der Waals surface area contributed by atoms with Crippen LogP contribution in [-0.2, 0) is 13.1 Å². The van der Waals surface area contributed by atoms with Crippen molar-refractivity contribution in [1.29, 1.82) is 0 Å². The summed E-state index contributed by atoms with van der Waals surface area (Å²) in [6.45, 7) is -2.50. The van der Waals surface area contributed by atoms with E-state index in [2.05, 4.69) is 10.3 Å². The standard InChI is InChI=1S/C12H11F4N3/c13-9-2-1-8(10(14)5-9)6-17-7-11-18-3-4-19(11)12(15)16/h1-5,12,17H,6-7H2. The monoisotopic (exact) mass is 273 g/mol. The Morgan fingerprint density at radius 1 is 1.21 bits per heavy atom. The van der Waals surface area contributed by atoms with E-state index in [0.717, 1.165) is 12.1 Å². The van der Waals surface area contributed by atoms with Gasteiger partial charge in [0.25, 0.3) is 0 Å². The molecule has 0 bridgehead atoms. The number of nitrogens with zero attached hydrogens (tertiary/aromatic N) is 2. The Bertz CT molecular complexity index is 554. The molecule has 7 heteroatoms. The van der Waals surface area contributed by atoms with E-state index in [0.29, 0.717) is 4.57 Å². The van der Waals surface area contributed by atoms with E-state index in [4.69, 9.17) is 0 Å². The second-order valence-corrected chi connectivity index (χ2v) is 3.87. The van der Waals surface area contributed by atoms with Gasteiger partial charge in [0.15, 0.2) is 0 Å². The molecule has 0 spiro atoms. The Labute approximate surface area is 106 Å². The number of hydrogen-bond acceptors (Lipinski definition) is 2.